The SMILES string of the molecule is CCCCC/C=C\CCCCCCCC(=O)OC(COC(=O)CCCCCCCCCCCC)COC(=O)CCCCCCCCCCCCCCCCCCCCCCC/C=C\C/C=C\CCCCCCC. The van der Waals surface area contributed by atoms with Gasteiger partial charge in [-0.15, -0.1) is 0 Å². The summed E-state index contributed by atoms with van der Waals surface area (Å²) in [5, 5.41) is 0. The third-order valence-corrected chi connectivity index (χ3v) is 14.6. The molecule has 73 heavy (non-hydrogen) atoms. The lowest BCUT2D eigenvalue weighted by atomic mass is 10.0. The number of carbonyl (C=O) groups excluding carboxylic acids is 3. The van der Waals surface area contributed by atoms with Crippen LogP contribution in [0.4, 0.5) is 0 Å². The van der Waals surface area contributed by atoms with Crippen molar-refractivity contribution in [3.63, 3.8) is 0 Å². The molecule has 1 unspecified atom stereocenters. The molecule has 0 aromatic carbocycles. The zero-order valence-electron chi connectivity index (χ0n) is 49.2. The summed E-state index contributed by atoms with van der Waals surface area (Å²) in [6.07, 6.45) is 76.1. The highest BCUT2D eigenvalue weighted by Gasteiger charge is 2.19. The van der Waals surface area contributed by atoms with Crippen LogP contribution in [0, 0.1) is 0 Å². The zero-order valence-corrected chi connectivity index (χ0v) is 49.2. The van der Waals surface area contributed by atoms with E-state index in [-0.39, 0.29) is 31.1 Å². The van der Waals surface area contributed by atoms with E-state index in [9.17, 15) is 14.4 Å². The van der Waals surface area contributed by atoms with Gasteiger partial charge in [0.2, 0.25) is 0 Å². The molecule has 0 aliphatic rings. The summed E-state index contributed by atoms with van der Waals surface area (Å²) in [6.45, 7) is 6.63. The second-order valence-corrected chi connectivity index (χ2v) is 22.0. The van der Waals surface area contributed by atoms with Crippen LogP contribution in [0.2, 0.25) is 0 Å². The summed E-state index contributed by atoms with van der Waals surface area (Å²) in [5.41, 5.74) is 0. The van der Waals surface area contributed by atoms with Crippen LogP contribution >= 0.6 is 0 Å². The molecule has 0 bridgehead atoms. The van der Waals surface area contributed by atoms with Gasteiger partial charge in [0.15, 0.2) is 6.10 Å². The first-order valence-corrected chi connectivity index (χ1v) is 32.5. The molecule has 0 aliphatic heterocycles. The third-order valence-electron chi connectivity index (χ3n) is 14.6. The van der Waals surface area contributed by atoms with Crippen LogP contribution in [0.3, 0.4) is 0 Å². The molecule has 428 valence electrons. The van der Waals surface area contributed by atoms with Gasteiger partial charge in [-0.2, -0.15) is 0 Å². The van der Waals surface area contributed by atoms with Crippen LogP contribution in [0.1, 0.15) is 355 Å². The van der Waals surface area contributed by atoms with Crippen molar-refractivity contribution >= 4 is 17.9 Å². The second-order valence-electron chi connectivity index (χ2n) is 22.0. The standard InChI is InChI=1S/C67H124O6/c1-4-7-10-13-16-19-22-24-25-26-27-28-29-30-31-32-33-34-35-36-37-38-39-40-41-42-43-44-46-48-51-54-57-60-66(69)72-63-64(62-71-65(68)59-56-53-50-47-21-18-15-12-9-6-3)73-67(70)61-58-55-52-49-45-23-20-17-14-11-8-5-2/h17,20,22,24,26-27,64H,4-16,18-19,21,23,25,28-63H2,1-3H3/b20-17-,24-22-,27-26-. The fourth-order valence-electron chi connectivity index (χ4n) is 9.71. The van der Waals surface area contributed by atoms with Gasteiger partial charge in [0.25, 0.3) is 0 Å². The van der Waals surface area contributed by atoms with Crippen molar-refractivity contribution in [3.05, 3.63) is 36.5 Å². The van der Waals surface area contributed by atoms with E-state index >= 15 is 0 Å². The largest absolute Gasteiger partial charge is 0.462 e. The fraction of sp³-hybridized carbons (Fsp3) is 0.866. The first-order valence-electron chi connectivity index (χ1n) is 32.5. The number of ether oxygens (including phenoxy) is 3. The Morgan fingerprint density at radius 2 is 0.493 bits per heavy atom. The van der Waals surface area contributed by atoms with Crippen molar-refractivity contribution in [2.24, 2.45) is 0 Å². The van der Waals surface area contributed by atoms with E-state index in [1.54, 1.807) is 0 Å². The van der Waals surface area contributed by atoms with Crippen molar-refractivity contribution in [3.8, 4) is 0 Å². The van der Waals surface area contributed by atoms with Crippen LogP contribution in [-0.4, -0.2) is 37.2 Å². The van der Waals surface area contributed by atoms with Gasteiger partial charge in [-0.05, 0) is 77.0 Å². The third kappa shape index (κ3) is 60.4. The van der Waals surface area contributed by atoms with Crippen LogP contribution in [-0.2, 0) is 28.6 Å². The van der Waals surface area contributed by atoms with Gasteiger partial charge in [-0.1, -0.05) is 295 Å². The molecule has 0 heterocycles. The molecule has 0 rings (SSSR count). The number of hydrogen-bond acceptors (Lipinski definition) is 6. The summed E-state index contributed by atoms with van der Waals surface area (Å²) in [5.74, 6) is -0.861. The Hall–Kier alpha value is -2.37. The highest BCUT2D eigenvalue weighted by molar-refractivity contribution is 5.71. The summed E-state index contributed by atoms with van der Waals surface area (Å²) < 4.78 is 16.8. The fourth-order valence-corrected chi connectivity index (χ4v) is 9.71. The minimum Gasteiger partial charge on any atom is -0.462 e. The smallest absolute Gasteiger partial charge is 0.306 e. The van der Waals surface area contributed by atoms with E-state index in [2.05, 4.69) is 57.2 Å². The van der Waals surface area contributed by atoms with E-state index in [4.69, 9.17) is 14.2 Å². The molecule has 0 aromatic heterocycles. The van der Waals surface area contributed by atoms with Gasteiger partial charge in [-0.25, -0.2) is 0 Å². The minimum absolute atomic E-state index is 0.0701. The topological polar surface area (TPSA) is 78.9 Å². The summed E-state index contributed by atoms with van der Waals surface area (Å²) in [4.78, 5) is 38.1. The molecule has 0 aliphatic carbocycles. The van der Waals surface area contributed by atoms with Crippen LogP contribution in [0.15, 0.2) is 36.5 Å². The average Bonchev–Trinajstić information content (AvgIpc) is 3.39. The summed E-state index contributed by atoms with van der Waals surface area (Å²) in [7, 11) is 0. The van der Waals surface area contributed by atoms with Gasteiger partial charge in [0.1, 0.15) is 13.2 Å². The minimum atomic E-state index is -0.770. The van der Waals surface area contributed by atoms with Crippen LogP contribution in [0.25, 0.3) is 0 Å². The molecule has 0 fully saturated rings. The van der Waals surface area contributed by atoms with Crippen molar-refractivity contribution in [2.75, 3.05) is 13.2 Å². The number of hydrogen-bond donors (Lipinski definition) is 0. The molecule has 0 saturated heterocycles. The Morgan fingerprint density at radius 3 is 0.795 bits per heavy atom. The normalized spacial score (nSPS) is 12.2. The number of rotatable bonds is 60. The zero-order chi connectivity index (χ0) is 52.9. The number of unbranched alkanes of at least 4 members (excludes halogenated alkanes) is 43. The van der Waals surface area contributed by atoms with E-state index < -0.39 is 6.10 Å². The maximum absolute atomic E-state index is 12.8. The maximum Gasteiger partial charge on any atom is 0.306 e. The molecule has 6 heteroatoms. The summed E-state index contributed by atoms with van der Waals surface area (Å²) >= 11 is 0. The molecule has 0 aromatic rings. The Morgan fingerprint density at radius 1 is 0.274 bits per heavy atom. The summed E-state index contributed by atoms with van der Waals surface area (Å²) in [6, 6.07) is 0. The monoisotopic (exact) mass is 1020 g/mol. The number of allylic oxidation sites excluding steroid dienone is 6. The molecule has 0 spiro atoms. The van der Waals surface area contributed by atoms with E-state index in [1.807, 2.05) is 0 Å². The van der Waals surface area contributed by atoms with Gasteiger partial charge < -0.3 is 14.2 Å². The predicted octanol–water partition coefficient (Wildman–Crippen LogP) is 22.0. The highest BCUT2D eigenvalue weighted by atomic mass is 16.6. The van der Waals surface area contributed by atoms with Crippen molar-refractivity contribution in [1.29, 1.82) is 0 Å². The molecule has 0 radical (unpaired) electrons. The van der Waals surface area contributed by atoms with Crippen molar-refractivity contribution in [1.82, 2.24) is 0 Å². The van der Waals surface area contributed by atoms with Gasteiger partial charge in [0, 0.05) is 19.3 Å². The van der Waals surface area contributed by atoms with Gasteiger partial charge >= 0.3 is 17.9 Å². The molecular formula is C67H124O6. The van der Waals surface area contributed by atoms with Crippen molar-refractivity contribution in [2.45, 2.75) is 361 Å². The van der Waals surface area contributed by atoms with Gasteiger partial charge in [0.05, 0.1) is 0 Å². The molecular weight excluding hydrogens is 901 g/mol. The molecule has 6 nitrogen and oxygen atoms in total. The highest BCUT2D eigenvalue weighted by Crippen LogP contribution is 2.18. The first-order chi connectivity index (χ1) is 36.0. The Labute approximate surface area is 455 Å². The quantitative estimate of drug-likeness (QED) is 0.0261. The van der Waals surface area contributed by atoms with Crippen molar-refractivity contribution < 1.29 is 28.6 Å². The van der Waals surface area contributed by atoms with E-state index in [0.29, 0.717) is 19.3 Å². The molecule has 0 N–H and O–H groups in total. The molecule has 1 atom stereocenters. The Balaban J connectivity index is 3.98. The average molecular weight is 1030 g/mol. The predicted molar refractivity (Wildman–Crippen MR) is 316 cm³/mol. The Bertz CT molecular complexity index is 1220. The second kappa shape index (κ2) is 62.2. The van der Waals surface area contributed by atoms with Crippen LogP contribution in [0.5, 0.6) is 0 Å². The lowest BCUT2D eigenvalue weighted by molar-refractivity contribution is -0.167. The molecule has 0 saturated carbocycles. The van der Waals surface area contributed by atoms with Crippen LogP contribution < -0.4 is 0 Å². The van der Waals surface area contributed by atoms with E-state index in [0.717, 1.165) is 70.6 Å². The molecule has 0 amide bonds. The first kappa shape index (κ1) is 70.6. The lowest BCUT2D eigenvalue weighted by Crippen LogP contribution is -2.30. The van der Waals surface area contributed by atoms with Gasteiger partial charge in [-0.3, -0.25) is 14.4 Å². The Kier molecular flexibility index (Phi) is 60.2. The maximum atomic E-state index is 12.8. The lowest BCUT2D eigenvalue weighted by Gasteiger charge is -2.18. The number of carbonyl (C=O) groups is 3. The number of esters is 3. The van der Waals surface area contributed by atoms with E-state index in [1.165, 1.54) is 244 Å².